The average Bonchev–Trinajstić information content (AvgIpc) is 2.86. The van der Waals surface area contributed by atoms with Gasteiger partial charge in [0.2, 0.25) is 0 Å². The van der Waals surface area contributed by atoms with Crippen LogP contribution in [-0.2, 0) is 16.1 Å². The van der Waals surface area contributed by atoms with Gasteiger partial charge >= 0.3 is 5.97 Å². The molecule has 1 aliphatic heterocycles. The van der Waals surface area contributed by atoms with E-state index in [0.29, 0.717) is 16.7 Å². The molecule has 0 saturated carbocycles. The summed E-state index contributed by atoms with van der Waals surface area (Å²) < 4.78 is 20.0. The summed E-state index contributed by atoms with van der Waals surface area (Å²) in [6.07, 6.45) is 0.0653. The van der Waals surface area contributed by atoms with Gasteiger partial charge in [-0.1, -0.05) is 31.2 Å². The molecular formula is C23H24FNO4. The van der Waals surface area contributed by atoms with Crippen LogP contribution in [0.15, 0.2) is 42.5 Å². The van der Waals surface area contributed by atoms with Crippen LogP contribution in [0.2, 0.25) is 0 Å². The van der Waals surface area contributed by atoms with Gasteiger partial charge in [0.15, 0.2) is 0 Å². The Labute approximate surface area is 169 Å². The van der Waals surface area contributed by atoms with E-state index in [1.165, 1.54) is 6.07 Å². The third kappa shape index (κ3) is 4.36. The van der Waals surface area contributed by atoms with Gasteiger partial charge in [-0.05, 0) is 50.5 Å². The zero-order valence-corrected chi connectivity index (χ0v) is 17.0. The Morgan fingerprint density at radius 3 is 2.17 bits per heavy atom. The number of imide groups is 1. The van der Waals surface area contributed by atoms with Gasteiger partial charge in [0.25, 0.3) is 11.8 Å². The van der Waals surface area contributed by atoms with Gasteiger partial charge in [-0.3, -0.25) is 19.3 Å². The largest absolute Gasteiger partial charge is 0.460 e. The smallest absolute Gasteiger partial charge is 0.306 e. The molecule has 1 aliphatic rings. The maximum absolute atomic E-state index is 14.7. The standard InChI is InChI=1S/C23H24FNO4/c1-14(12-20(26)29-23(2,3)4)15-10-7-11-19(24)18(15)13-25-21(27)16-8-5-6-9-17(16)22(25)28/h5-11,14H,12-13H2,1-4H3/t14-/m1/s1. The van der Waals surface area contributed by atoms with E-state index in [0.717, 1.165) is 4.90 Å². The monoisotopic (exact) mass is 397 g/mol. The number of nitrogens with zero attached hydrogens (tertiary/aromatic N) is 1. The summed E-state index contributed by atoms with van der Waals surface area (Å²) in [6, 6.07) is 11.1. The van der Waals surface area contributed by atoms with Gasteiger partial charge < -0.3 is 4.74 Å². The van der Waals surface area contributed by atoms with E-state index in [2.05, 4.69) is 0 Å². The van der Waals surface area contributed by atoms with Crippen LogP contribution < -0.4 is 0 Å². The first-order valence-electron chi connectivity index (χ1n) is 9.53. The highest BCUT2D eigenvalue weighted by Crippen LogP contribution is 2.30. The second kappa shape index (κ2) is 7.78. The summed E-state index contributed by atoms with van der Waals surface area (Å²) in [5.41, 5.74) is 0.835. The van der Waals surface area contributed by atoms with Crippen molar-refractivity contribution in [2.24, 2.45) is 0 Å². The Balaban J connectivity index is 1.85. The van der Waals surface area contributed by atoms with Crippen molar-refractivity contribution in [3.63, 3.8) is 0 Å². The molecule has 0 aliphatic carbocycles. The van der Waals surface area contributed by atoms with Gasteiger partial charge in [0, 0.05) is 5.56 Å². The predicted octanol–water partition coefficient (Wildman–Crippen LogP) is 4.46. The highest BCUT2D eigenvalue weighted by atomic mass is 19.1. The van der Waals surface area contributed by atoms with Gasteiger partial charge in [0.1, 0.15) is 11.4 Å². The van der Waals surface area contributed by atoms with E-state index in [4.69, 9.17) is 4.74 Å². The number of hydrogen-bond donors (Lipinski definition) is 0. The van der Waals surface area contributed by atoms with Crippen molar-refractivity contribution in [2.45, 2.75) is 52.2 Å². The maximum Gasteiger partial charge on any atom is 0.306 e. The number of halogens is 1. The van der Waals surface area contributed by atoms with Crippen LogP contribution in [0.5, 0.6) is 0 Å². The first kappa shape index (κ1) is 20.7. The average molecular weight is 397 g/mol. The van der Waals surface area contributed by atoms with Crippen LogP contribution >= 0.6 is 0 Å². The summed E-state index contributed by atoms with van der Waals surface area (Å²) in [5, 5.41) is 0. The number of esters is 1. The van der Waals surface area contributed by atoms with Crippen molar-refractivity contribution in [2.75, 3.05) is 0 Å². The molecule has 0 aromatic heterocycles. The SMILES string of the molecule is C[C@H](CC(=O)OC(C)(C)C)c1cccc(F)c1CN1C(=O)c2ccccc2C1=O. The topological polar surface area (TPSA) is 63.7 Å². The molecule has 0 unspecified atom stereocenters. The third-order valence-electron chi connectivity index (χ3n) is 4.77. The molecule has 2 aromatic rings. The zero-order valence-electron chi connectivity index (χ0n) is 17.0. The van der Waals surface area contributed by atoms with E-state index in [1.54, 1.807) is 64.1 Å². The first-order chi connectivity index (χ1) is 13.6. The molecule has 3 rings (SSSR count). The van der Waals surface area contributed by atoms with Gasteiger partial charge in [0.05, 0.1) is 24.1 Å². The number of hydrogen-bond acceptors (Lipinski definition) is 4. The lowest BCUT2D eigenvalue weighted by molar-refractivity contribution is -0.155. The van der Waals surface area contributed by atoms with Gasteiger partial charge in [-0.2, -0.15) is 0 Å². The van der Waals surface area contributed by atoms with Crippen molar-refractivity contribution < 1.29 is 23.5 Å². The lowest BCUT2D eigenvalue weighted by atomic mass is 9.92. The van der Waals surface area contributed by atoms with E-state index in [9.17, 15) is 18.8 Å². The minimum Gasteiger partial charge on any atom is -0.460 e. The van der Waals surface area contributed by atoms with E-state index < -0.39 is 23.2 Å². The minimum absolute atomic E-state index is 0.0653. The lowest BCUT2D eigenvalue weighted by Crippen LogP contribution is -2.30. The molecule has 1 atom stereocenters. The summed E-state index contributed by atoms with van der Waals surface area (Å²) in [4.78, 5) is 38.5. The fraction of sp³-hybridized carbons (Fsp3) is 0.348. The Bertz CT molecular complexity index is 942. The Hall–Kier alpha value is -3.02. The number of fused-ring (bicyclic) bond motifs is 1. The van der Waals surface area contributed by atoms with Crippen LogP contribution in [0.4, 0.5) is 4.39 Å². The Kier molecular flexibility index (Phi) is 5.55. The summed E-state index contributed by atoms with van der Waals surface area (Å²) in [5.74, 6) is -2.14. The fourth-order valence-electron chi connectivity index (χ4n) is 3.49. The number of carbonyl (C=O) groups excluding carboxylic acids is 3. The Morgan fingerprint density at radius 2 is 1.62 bits per heavy atom. The molecule has 0 N–H and O–H groups in total. The zero-order chi connectivity index (χ0) is 21.3. The maximum atomic E-state index is 14.7. The normalized spacial score (nSPS) is 14.7. The molecule has 0 saturated heterocycles. The van der Waals surface area contributed by atoms with Crippen molar-refractivity contribution in [1.29, 1.82) is 0 Å². The van der Waals surface area contributed by atoms with Crippen LogP contribution in [0.1, 0.15) is 71.9 Å². The number of rotatable bonds is 5. The summed E-state index contributed by atoms with van der Waals surface area (Å²) >= 11 is 0. The molecule has 0 spiro atoms. The molecular weight excluding hydrogens is 373 g/mol. The molecule has 5 nitrogen and oxygen atoms in total. The van der Waals surface area contributed by atoms with Crippen LogP contribution in [0.25, 0.3) is 0 Å². The minimum atomic E-state index is -0.609. The number of benzene rings is 2. The molecule has 2 amide bonds. The molecule has 0 fully saturated rings. The first-order valence-corrected chi connectivity index (χ1v) is 9.53. The number of carbonyl (C=O) groups is 3. The van der Waals surface area contributed by atoms with E-state index in [-0.39, 0.29) is 30.4 Å². The number of ether oxygens (including phenoxy) is 1. The molecule has 6 heteroatoms. The fourth-order valence-corrected chi connectivity index (χ4v) is 3.49. The van der Waals surface area contributed by atoms with Gasteiger partial charge in [-0.25, -0.2) is 4.39 Å². The van der Waals surface area contributed by atoms with Gasteiger partial charge in [-0.15, -0.1) is 0 Å². The predicted molar refractivity (Wildman–Crippen MR) is 106 cm³/mol. The number of amides is 2. The quantitative estimate of drug-likeness (QED) is 0.552. The molecule has 29 heavy (non-hydrogen) atoms. The summed E-state index contributed by atoms with van der Waals surface area (Å²) in [7, 11) is 0. The second-order valence-electron chi connectivity index (χ2n) is 8.24. The highest BCUT2D eigenvalue weighted by molar-refractivity contribution is 6.21. The molecule has 1 heterocycles. The molecule has 152 valence electrons. The van der Waals surface area contributed by atoms with Crippen molar-refractivity contribution in [3.05, 3.63) is 70.5 Å². The molecule has 2 aromatic carbocycles. The Morgan fingerprint density at radius 1 is 1.03 bits per heavy atom. The van der Waals surface area contributed by atoms with Crippen LogP contribution in [0, 0.1) is 5.82 Å². The lowest BCUT2D eigenvalue weighted by Gasteiger charge is -2.23. The van der Waals surface area contributed by atoms with Crippen LogP contribution in [0.3, 0.4) is 0 Å². The highest BCUT2D eigenvalue weighted by Gasteiger charge is 2.36. The molecule has 0 bridgehead atoms. The van der Waals surface area contributed by atoms with E-state index in [1.807, 2.05) is 0 Å². The third-order valence-corrected chi connectivity index (χ3v) is 4.77. The van der Waals surface area contributed by atoms with Crippen LogP contribution in [-0.4, -0.2) is 28.3 Å². The molecule has 0 radical (unpaired) electrons. The van der Waals surface area contributed by atoms with Crippen molar-refractivity contribution in [3.8, 4) is 0 Å². The second-order valence-corrected chi connectivity index (χ2v) is 8.24. The van der Waals surface area contributed by atoms with Crippen molar-refractivity contribution >= 4 is 17.8 Å². The van der Waals surface area contributed by atoms with Crippen molar-refractivity contribution in [1.82, 2.24) is 4.90 Å². The van der Waals surface area contributed by atoms with E-state index >= 15 is 0 Å². The summed E-state index contributed by atoms with van der Waals surface area (Å²) in [6.45, 7) is 6.96.